The number of rotatable bonds is 5. The van der Waals surface area contributed by atoms with Crippen molar-refractivity contribution in [2.75, 3.05) is 18.0 Å². The Balaban J connectivity index is 2.32. The van der Waals surface area contributed by atoms with Crippen LogP contribution in [0.25, 0.3) is 0 Å². The zero-order valence-electron chi connectivity index (χ0n) is 12.7. The van der Waals surface area contributed by atoms with Crippen molar-refractivity contribution in [2.45, 2.75) is 51.9 Å². The maximum atomic E-state index is 10.1. The lowest BCUT2D eigenvalue weighted by Crippen LogP contribution is -2.40. The number of ether oxygens (including phenoxy) is 1. The average Bonchev–Trinajstić information content (AvgIpc) is 2.46. The van der Waals surface area contributed by atoms with E-state index in [4.69, 9.17) is 10.5 Å². The summed E-state index contributed by atoms with van der Waals surface area (Å²) in [6, 6.07) is 5.61. The normalized spacial score (nSPS) is 21.1. The van der Waals surface area contributed by atoms with E-state index in [0.29, 0.717) is 0 Å². The predicted molar refractivity (Wildman–Crippen MR) is 82.3 cm³/mol. The van der Waals surface area contributed by atoms with Crippen molar-refractivity contribution in [3.8, 4) is 5.75 Å². The maximum Gasteiger partial charge on any atom is 0.143 e. The number of anilines is 1. The summed E-state index contributed by atoms with van der Waals surface area (Å²) < 4.78 is 6.00. The minimum Gasteiger partial charge on any atom is -0.486 e. The fourth-order valence-electron chi connectivity index (χ4n) is 2.62. The van der Waals surface area contributed by atoms with Crippen molar-refractivity contribution in [2.24, 2.45) is 5.73 Å². The van der Waals surface area contributed by atoms with E-state index in [1.807, 2.05) is 25.1 Å². The summed E-state index contributed by atoms with van der Waals surface area (Å²) in [5, 5.41) is 10.1. The highest BCUT2D eigenvalue weighted by atomic mass is 16.5. The Morgan fingerprint density at radius 2 is 2.20 bits per heavy atom. The van der Waals surface area contributed by atoms with Crippen molar-refractivity contribution in [1.82, 2.24) is 0 Å². The second kappa shape index (κ2) is 6.46. The van der Waals surface area contributed by atoms with Crippen LogP contribution in [0, 0.1) is 0 Å². The minimum absolute atomic E-state index is 0.248. The first-order chi connectivity index (χ1) is 9.56. The highest BCUT2D eigenvalue weighted by Crippen LogP contribution is 2.36. The van der Waals surface area contributed by atoms with E-state index in [0.717, 1.165) is 42.9 Å². The SMILES string of the molecule is CCCN1CC(CC)Oc2ccc(C(O)C(C)N)cc21. The van der Waals surface area contributed by atoms with Gasteiger partial charge in [-0.2, -0.15) is 0 Å². The minimum atomic E-state index is -0.632. The van der Waals surface area contributed by atoms with E-state index < -0.39 is 6.10 Å². The Hall–Kier alpha value is -1.26. The third-order valence-corrected chi connectivity index (χ3v) is 3.83. The van der Waals surface area contributed by atoms with Gasteiger partial charge in [-0.25, -0.2) is 0 Å². The second-order valence-electron chi connectivity index (χ2n) is 5.63. The van der Waals surface area contributed by atoms with E-state index in [9.17, 15) is 5.11 Å². The van der Waals surface area contributed by atoms with Crippen LogP contribution in [-0.4, -0.2) is 30.3 Å². The zero-order chi connectivity index (χ0) is 14.7. The molecule has 0 fully saturated rings. The lowest BCUT2D eigenvalue weighted by atomic mass is 10.0. The Bertz CT molecular complexity index is 448. The average molecular weight is 278 g/mol. The molecule has 3 unspecified atom stereocenters. The standard InChI is InChI=1S/C16H26N2O2/c1-4-8-18-10-13(5-2)20-15-7-6-12(9-14(15)18)16(19)11(3)17/h6-7,9,11,13,16,19H,4-5,8,10,17H2,1-3H3. The lowest BCUT2D eigenvalue weighted by Gasteiger charge is -2.36. The van der Waals surface area contributed by atoms with Gasteiger partial charge in [-0.05, 0) is 37.5 Å². The first kappa shape index (κ1) is 15.1. The van der Waals surface area contributed by atoms with Gasteiger partial charge in [-0.1, -0.05) is 19.9 Å². The molecule has 0 aromatic heterocycles. The monoisotopic (exact) mass is 278 g/mol. The lowest BCUT2D eigenvalue weighted by molar-refractivity contribution is 0.152. The fourth-order valence-corrected chi connectivity index (χ4v) is 2.62. The van der Waals surface area contributed by atoms with Gasteiger partial charge in [0.2, 0.25) is 0 Å². The van der Waals surface area contributed by atoms with Gasteiger partial charge in [0.25, 0.3) is 0 Å². The number of nitrogens with two attached hydrogens (primary N) is 1. The molecular weight excluding hydrogens is 252 g/mol. The first-order valence-corrected chi connectivity index (χ1v) is 7.56. The molecule has 0 bridgehead atoms. The van der Waals surface area contributed by atoms with Crippen LogP contribution in [0.2, 0.25) is 0 Å². The molecule has 0 spiro atoms. The number of aliphatic hydroxyl groups is 1. The van der Waals surface area contributed by atoms with Crippen LogP contribution >= 0.6 is 0 Å². The van der Waals surface area contributed by atoms with Crippen LogP contribution in [0.1, 0.15) is 45.3 Å². The molecule has 112 valence electrons. The van der Waals surface area contributed by atoms with Gasteiger partial charge in [0.05, 0.1) is 18.3 Å². The zero-order valence-corrected chi connectivity index (χ0v) is 12.7. The summed E-state index contributed by atoms with van der Waals surface area (Å²) in [4.78, 5) is 2.35. The third-order valence-electron chi connectivity index (χ3n) is 3.83. The second-order valence-corrected chi connectivity index (χ2v) is 5.63. The summed E-state index contributed by atoms with van der Waals surface area (Å²) in [6.07, 6.45) is 1.71. The van der Waals surface area contributed by atoms with Gasteiger partial charge >= 0.3 is 0 Å². The molecule has 20 heavy (non-hydrogen) atoms. The molecule has 0 radical (unpaired) electrons. The molecule has 3 N–H and O–H groups in total. The van der Waals surface area contributed by atoms with Crippen LogP contribution in [0.3, 0.4) is 0 Å². The molecule has 1 aromatic rings. The number of nitrogens with zero attached hydrogens (tertiary/aromatic N) is 1. The molecule has 2 rings (SSSR count). The third kappa shape index (κ3) is 3.07. The van der Waals surface area contributed by atoms with Gasteiger partial charge < -0.3 is 20.5 Å². The van der Waals surface area contributed by atoms with E-state index in [1.165, 1.54) is 0 Å². The van der Waals surface area contributed by atoms with Crippen LogP contribution in [0.5, 0.6) is 5.75 Å². The number of fused-ring (bicyclic) bond motifs is 1. The van der Waals surface area contributed by atoms with Crippen LogP contribution < -0.4 is 15.4 Å². The fraction of sp³-hybridized carbons (Fsp3) is 0.625. The Morgan fingerprint density at radius 1 is 1.45 bits per heavy atom. The van der Waals surface area contributed by atoms with Gasteiger partial charge in [0, 0.05) is 12.6 Å². The molecule has 1 aromatic carbocycles. The Morgan fingerprint density at radius 3 is 2.80 bits per heavy atom. The van der Waals surface area contributed by atoms with Crippen molar-refractivity contribution in [3.63, 3.8) is 0 Å². The first-order valence-electron chi connectivity index (χ1n) is 7.56. The van der Waals surface area contributed by atoms with Gasteiger partial charge in [0.15, 0.2) is 0 Å². The molecule has 4 heteroatoms. The number of benzene rings is 1. The molecule has 4 nitrogen and oxygen atoms in total. The highest BCUT2D eigenvalue weighted by Gasteiger charge is 2.25. The predicted octanol–water partition coefficient (Wildman–Crippen LogP) is 2.45. The molecule has 0 saturated carbocycles. The smallest absolute Gasteiger partial charge is 0.143 e. The molecule has 3 atom stereocenters. The highest BCUT2D eigenvalue weighted by molar-refractivity contribution is 5.62. The molecule has 1 aliphatic heterocycles. The maximum absolute atomic E-state index is 10.1. The summed E-state index contributed by atoms with van der Waals surface area (Å²) in [7, 11) is 0. The van der Waals surface area contributed by atoms with E-state index >= 15 is 0 Å². The Labute approximate surface area is 121 Å². The van der Waals surface area contributed by atoms with Crippen LogP contribution in [0.15, 0.2) is 18.2 Å². The number of aliphatic hydroxyl groups excluding tert-OH is 1. The molecule has 1 aliphatic rings. The molecule has 0 saturated heterocycles. The van der Waals surface area contributed by atoms with Gasteiger partial charge in [0.1, 0.15) is 11.9 Å². The van der Waals surface area contributed by atoms with Crippen molar-refractivity contribution in [3.05, 3.63) is 23.8 Å². The molecule has 0 aliphatic carbocycles. The Kier molecular flexibility index (Phi) is 4.89. The van der Waals surface area contributed by atoms with Gasteiger partial charge in [-0.15, -0.1) is 0 Å². The molecular formula is C16H26N2O2. The largest absolute Gasteiger partial charge is 0.486 e. The summed E-state index contributed by atoms with van der Waals surface area (Å²) in [6.45, 7) is 8.06. The van der Waals surface area contributed by atoms with Crippen LogP contribution in [-0.2, 0) is 0 Å². The van der Waals surface area contributed by atoms with Crippen LogP contribution in [0.4, 0.5) is 5.69 Å². The number of hydrogen-bond donors (Lipinski definition) is 2. The van der Waals surface area contributed by atoms with E-state index in [2.05, 4.69) is 18.7 Å². The van der Waals surface area contributed by atoms with Crippen molar-refractivity contribution in [1.29, 1.82) is 0 Å². The van der Waals surface area contributed by atoms with Gasteiger partial charge in [-0.3, -0.25) is 0 Å². The quantitative estimate of drug-likeness (QED) is 0.868. The summed E-state index contributed by atoms with van der Waals surface area (Å²) >= 11 is 0. The van der Waals surface area contributed by atoms with E-state index in [-0.39, 0.29) is 12.1 Å². The summed E-state index contributed by atoms with van der Waals surface area (Å²) in [5.41, 5.74) is 7.72. The topological polar surface area (TPSA) is 58.7 Å². The molecule has 0 amide bonds. The molecule has 1 heterocycles. The van der Waals surface area contributed by atoms with Crippen molar-refractivity contribution < 1.29 is 9.84 Å². The van der Waals surface area contributed by atoms with E-state index in [1.54, 1.807) is 0 Å². The summed E-state index contributed by atoms with van der Waals surface area (Å²) in [5.74, 6) is 0.914. The van der Waals surface area contributed by atoms with Crippen molar-refractivity contribution >= 4 is 5.69 Å². The number of hydrogen-bond acceptors (Lipinski definition) is 4.